The molecule has 1 N–H and O–H groups in total. The lowest BCUT2D eigenvalue weighted by molar-refractivity contribution is 0.0544. The molecule has 0 amide bonds. The summed E-state index contributed by atoms with van der Waals surface area (Å²) in [6.45, 7) is 0. The average Bonchev–Trinajstić information content (AvgIpc) is 3.14. The van der Waals surface area contributed by atoms with Crippen molar-refractivity contribution in [3.63, 3.8) is 0 Å². The highest BCUT2D eigenvalue weighted by Gasteiger charge is 2.58. The van der Waals surface area contributed by atoms with Crippen molar-refractivity contribution in [3.05, 3.63) is 176 Å². The van der Waals surface area contributed by atoms with Gasteiger partial charge in [0.2, 0.25) is 0 Å². The molecule has 0 saturated carbocycles. The Labute approximate surface area is 286 Å². The van der Waals surface area contributed by atoms with Crippen molar-refractivity contribution in [2.45, 2.75) is 0 Å². The summed E-state index contributed by atoms with van der Waals surface area (Å²) >= 11 is 0. The second kappa shape index (κ2) is 15.4. The number of phenols is 1. The van der Waals surface area contributed by atoms with Gasteiger partial charge in [-0.25, -0.2) is 0 Å². The zero-order valence-corrected chi connectivity index (χ0v) is 28.5. The van der Waals surface area contributed by atoms with E-state index in [1.165, 1.54) is 10.7 Å². The molecular weight excluding hydrogens is 679 g/mol. The summed E-state index contributed by atoms with van der Waals surface area (Å²) in [5.74, 6) is 2.48. The molecule has 1 aliphatic heterocycles. The van der Waals surface area contributed by atoms with Gasteiger partial charge < -0.3 is 32.9 Å². The summed E-state index contributed by atoms with van der Waals surface area (Å²) in [6, 6.07) is 52.8. The van der Waals surface area contributed by atoms with Crippen LogP contribution in [0.25, 0.3) is 0 Å². The SMILES string of the molecule is Oc1ccccc1OP1(Oc2ccccc2)=NP(Oc2ccccc2)N(Oc2ccccc2)P(Oc2ccccc2)N1Oc1ccccc1. The number of benzene rings is 6. The molecule has 0 fully saturated rings. The monoisotopic (exact) mass is 709 g/mol. The lowest BCUT2D eigenvalue weighted by Gasteiger charge is -2.43. The molecule has 13 heteroatoms. The first-order valence-corrected chi connectivity index (χ1v) is 19.0. The minimum atomic E-state index is -3.90. The van der Waals surface area contributed by atoms with Gasteiger partial charge in [0.1, 0.15) is 28.7 Å². The van der Waals surface area contributed by atoms with Crippen LogP contribution >= 0.6 is 24.6 Å². The molecule has 6 aromatic rings. The average molecular weight is 710 g/mol. The van der Waals surface area contributed by atoms with E-state index in [2.05, 4.69) is 0 Å². The van der Waals surface area contributed by atoms with Crippen LogP contribution in [0.1, 0.15) is 0 Å². The van der Waals surface area contributed by atoms with Crippen molar-refractivity contribution < 1.29 is 32.9 Å². The fourth-order valence-electron chi connectivity index (χ4n) is 4.38. The third-order valence-corrected chi connectivity index (χ3v) is 13.5. The van der Waals surface area contributed by atoms with Gasteiger partial charge in [0, 0.05) is 9.21 Å². The molecule has 0 aromatic heterocycles. The summed E-state index contributed by atoms with van der Waals surface area (Å²) in [5, 5.41) is 11.0. The molecule has 3 unspecified atom stereocenters. The van der Waals surface area contributed by atoms with Gasteiger partial charge in [0.25, 0.3) is 0 Å². The van der Waals surface area contributed by atoms with Gasteiger partial charge in [-0.3, -0.25) is 0 Å². The smallest absolute Gasteiger partial charge is 0.447 e. The van der Waals surface area contributed by atoms with E-state index in [0.29, 0.717) is 28.7 Å². The minimum absolute atomic E-state index is 0.113. The Bertz CT molecular complexity index is 1980. The normalized spacial score (nSPS) is 19.2. The first-order valence-electron chi connectivity index (χ1n) is 15.1. The highest BCUT2D eigenvalue weighted by molar-refractivity contribution is 7.78. The Morgan fingerprint density at radius 3 is 1.47 bits per heavy atom. The van der Waals surface area contributed by atoms with Crippen LogP contribution in [0.3, 0.4) is 0 Å². The molecule has 0 radical (unpaired) electrons. The van der Waals surface area contributed by atoms with Crippen molar-refractivity contribution in [1.82, 2.24) is 9.21 Å². The lowest BCUT2D eigenvalue weighted by atomic mass is 10.3. The summed E-state index contributed by atoms with van der Waals surface area (Å²) in [5.41, 5.74) is 0. The summed E-state index contributed by atoms with van der Waals surface area (Å²) < 4.78 is 35.3. The predicted molar refractivity (Wildman–Crippen MR) is 191 cm³/mol. The van der Waals surface area contributed by atoms with Crippen molar-refractivity contribution in [3.8, 4) is 40.2 Å². The fourth-order valence-corrected chi connectivity index (χ4v) is 11.9. The molecule has 246 valence electrons. The Morgan fingerprint density at radius 2 is 0.918 bits per heavy atom. The molecule has 3 atom stereocenters. The van der Waals surface area contributed by atoms with E-state index in [1.54, 1.807) is 47.1 Å². The molecule has 0 saturated heterocycles. The topological polar surface area (TPSA) is 94.5 Å². The molecule has 0 aliphatic carbocycles. The highest BCUT2D eigenvalue weighted by Crippen LogP contribution is 2.78. The first-order chi connectivity index (χ1) is 24.1. The van der Waals surface area contributed by atoms with Crippen LogP contribution in [0, 0.1) is 0 Å². The summed E-state index contributed by atoms with van der Waals surface area (Å²) in [4.78, 5) is 13.3. The van der Waals surface area contributed by atoms with E-state index < -0.39 is 24.6 Å². The van der Waals surface area contributed by atoms with Gasteiger partial charge in [0.05, 0.1) is 0 Å². The van der Waals surface area contributed by atoms with Gasteiger partial charge in [-0.2, -0.15) is 0 Å². The number of hydrogen-bond donors (Lipinski definition) is 1. The standard InChI is InChI=1S/C36H30N3O7P3/c40-35-28-16-17-29-36(35)46-49(45-34-26-14-5-15-27-34)37-47(43-32-22-10-3-11-23-32)38(41-30-18-6-1-7-19-30)48(44-33-24-12-4-13-25-33)39(49)42-31-20-8-2-9-21-31/h1-29,40H. The van der Waals surface area contributed by atoms with Crippen LogP contribution in [0.15, 0.2) is 180 Å². The molecule has 1 aliphatic rings. The lowest BCUT2D eigenvalue weighted by Crippen LogP contribution is -2.37. The zero-order chi connectivity index (χ0) is 33.3. The van der Waals surface area contributed by atoms with E-state index in [9.17, 15) is 5.11 Å². The Morgan fingerprint density at radius 1 is 0.469 bits per heavy atom. The first kappa shape index (κ1) is 32.5. The number of aromatic hydroxyl groups is 1. The Kier molecular flexibility index (Phi) is 10.2. The van der Waals surface area contributed by atoms with Crippen molar-refractivity contribution in [2.24, 2.45) is 4.52 Å². The quantitative estimate of drug-likeness (QED) is 0.125. The van der Waals surface area contributed by atoms with Crippen molar-refractivity contribution in [1.29, 1.82) is 0 Å². The van der Waals surface area contributed by atoms with E-state index in [0.717, 1.165) is 0 Å². The Hall–Kier alpha value is -5.07. The van der Waals surface area contributed by atoms with Crippen LogP contribution in [-0.2, 0) is 0 Å². The minimum Gasteiger partial charge on any atom is -0.504 e. The molecule has 0 bridgehead atoms. The fraction of sp³-hybridized carbons (Fsp3) is 0. The number of phenolic OH excluding ortho intramolecular Hbond substituents is 1. The number of para-hydroxylation sites is 7. The van der Waals surface area contributed by atoms with Crippen LogP contribution in [-0.4, -0.2) is 14.3 Å². The number of nitrogens with zero attached hydrogens (tertiary/aromatic N) is 3. The maximum atomic E-state index is 11.0. The molecule has 10 nitrogen and oxygen atoms in total. The third-order valence-electron chi connectivity index (χ3n) is 6.62. The van der Waals surface area contributed by atoms with E-state index in [1.807, 2.05) is 127 Å². The van der Waals surface area contributed by atoms with Crippen LogP contribution in [0.5, 0.6) is 40.2 Å². The van der Waals surface area contributed by atoms with Crippen LogP contribution in [0.2, 0.25) is 0 Å². The molecule has 7 rings (SSSR count). The van der Waals surface area contributed by atoms with Crippen LogP contribution < -0.4 is 27.8 Å². The van der Waals surface area contributed by atoms with Crippen molar-refractivity contribution >= 4 is 24.6 Å². The zero-order valence-electron chi connectivity index (χ0n) is 25.8. The molecule has 0 spiro atoms. The van der Waals surface area contributed by atoms with E-state index in [4.69, 9.17) is 32.3 Å². The van der Waals surface area contributed by atoms with Gasteiger partial charge >= 0.3 is 24.6 Å². The van der Waals surface area contributed by atoms with Gasteiger partial charge in [-0.05, 0) is 72.8 Å². The molecular formula is C36H30N3O7P3. The van der Waals surface area contributed by atoms with Crippen LogP contribution in [0.4, 0.5) is 0 Å². The van der Waals surface area contributed by atoms with E-state index in [-0.39, 0.29) is 11.5 Å². The molecule has 49 heavy (non-hydrogen) atoms. The maximum Gasteiger partial charge on any atom is 0.447 e. The number of rotatable bonds is 12. The van der Waals surface area contributed by atoms with Gasteiger partial charge in [-0.15, -0.1) is 4.52 Å². The summed E-state index contributed by atoms with van der Waals surface area (Å²) in [6.07, 6.45) is 0. The van der Waals surface area contributed by atoms with E-state index >= 15 is 0 Å². The number of hydrogen-bond acceptors (Lipinski definition) is 10. The largest absolute Gasteiger partial charge is 0.504 e. The van der Waals surface area contributed by atoms with Gasteiger partial charge in [-0.1, -0.05) is 103 Å². The second-order valence-corrected chi connectivity index (χ2v) is 15.7. The highest BCUT2D eigenvalue weighted by atomic mass is 31.3. The second-order valence-electron chi connectivity index (χ2n) is 10.2. The van der Waals surface area contributed by atoms with Gasteiger partial charge in [0.15, 0.2) is 11.5 Å². The predicted octanol–water partition coefficient (Wildman–Crippen LogP) is 11.0. The summed E-state index contributed by atoms with van der Waals surface area (Å²) in [7, 11) is -8.23. The molecule has 6 aromatic carbocycles. The Balaban J connectivity index is 1.48. The van der Waals surface area contributed by atoms with Crippen molar-refractivity contribution in [2.75, 3.05) is 0 Å². The maximum absolute atomic E-state index is 11.0. The molecule has 1 heterocycles. The third kappa shape index (κ3) is 7.98.